The van der Waals surface area contributed by atoms with Crippen molar-refractivity contribution in [2.45, 2.75) is 58.5 Å². The van der Waals surface area contributed by atoms with Crippen LogP contribution in [0.4, 0.5) is 20.3 Å². The number of benzene rings is 1. The molecule has 4 aromatic rings. The molecule has 0 unspecified atom stereocenters. The Morgan fingerprint density at radius 1 is 1.10 bits per heavy atom. The molecule has 1 aromatic carbocycles. The highest BCUT2D eigenvalue weighted by Gasteiger charge is 2.30. The van der Waals surface area contributed by atoms with Crippen LogP contribution >= 0.6 is 0 Å². The van der Waals surface area contributed by atoms with Gasteiger partial charge in [-0.15, -0.1) is 0 Å². The highest BCUT2D eigenvalue weighted by molar-refractivity contribution is 5.91. The lowest BCUT2D eigenvalue weighted by Gasteiger charge is -2.38. The first-order chi connectivity index (χ1) is 19.2. The maximum absolute atomic E-state index is 16.0. The van der Waals surface area contributed by atoms with Crippen molar-refractivity contribution in [3.05, 3.63) is 69.9 Å². The van der Waals surface area contributed by atoms with E-state index in [0.717, 1.165) is 11.3 Å². The Labute approximate surface area is 231 Å². The van der Waals surface area contributed by atoms with E-state index in [0.29, 0.717) is 55.1 Å². The fourth-order valence-corrected chi connectivity index (χ4v) is 5.83. The maximum Gasteiger partial charge on any atom is 0.355 e. The molecule has 2 bridgehead atoms. The van der Waals surface area contributed by atoms with Crippen LogP contribution in [-0.4, -0.2) is 51.2 Å². The second kappa shape index (κ2) is 10.2. The zero-order chi connectivity index (χ0) is 28.1. The predicted octanol–water partition coefficient (Wildman–Crippen LogP) is 4.79. The van der Waals surface area contributed by atoms with E-state index in [-0.39, 0.29) is 34.9 Å². The van der Waals surface area contributed by atoms with E-state index < -0.39 is 17.3 Å². The molecule has 0 spiro atoms. The van der Waals surface area contributed by atoms with Gasteiger partial charge in [-0.25, -0.2) is 23.1 Å². The first-order valence-corrected chi connectivity index (χ1v) is 13.9. The molecular formula is C30H33F2N7O. The van der Waals surface area contributed by atoms with Crippen molar-refractivity contribution in [1.82, 2.24) is 24.8 Å². The number of pyridine rings is 2. The summed E-state index contributed by atoms with van der Waals surface area (Å²) in [5.41, 5.74) is 2.32. The van der Waals surface area contributed by atoms with Crippen molar-refractivity contribution in [2.24, 2.45) is 0 Å². The van der Waals surface area contributed by atoms with Gasteiger partial charge in [-0.05, 0) is 62.4 Å². The smallest absolute Gasteiger partial charge is 0.355 e. The summed E-state index contributed by atoms with van der Waals surface area (Å²) < 4.78 is 32.8. The number of fused-ring (bicyclic) bond motifs is 5. The number of rotatable bonds is 2. The van der Waals surface area contributed by atoms with Crippen molar-refractivity contribution >= 4 is 22.5 Å². The third kappa shape index (κ3) is 4.40. The number of nitrogens with one attached hydrogen (secondary N) is 2. The Morgan fingerprint density at radius 3 is 2.73 bits per heavy atom. The molecule has 3 aromatic heterocycles. The van der Waals surface area contributed by atoms with E-state index in [4.69, 9.17) is 4.98 Å². The number of hydrogen-bond donors (Lipinski definition) is 2. The lowest BCUT2D eigenvalue weighted by molar-refractivity contribution is 0.423. The molecule has 0 amide bonds. The Bertz CT molecular complexity index is 1670. The van der Waals surface area contributed by atoms with Crippen LogP contribution in [0.15, 0.2) is 41.3 Å². The van der Waals surface area contributed by atoms with Crippen LogP contribution in [0, 0.1) is 11.6 Å². The molecule has 2 N–H and O–H groups in total. The zero-order valence-corrected chi connectivity index (χ0v) is 23.1. The first-order valence-electron chi connectivity index (χ1n) is 13.9. The van der Waals surface area contributed by atoms with Gasteiger partial charge in [-0.1, -0.05) is 19.9 Å². The SMILES string of the molecule is CC(C)c1nccc2c1-n1c(=O)nc(N3C[C@@H](C)NC[C@@H]3C)c3cc(F)c(nc31)-c1c(F)cccc1NCCC2. The molecule has 2 atom stereocenters. The second-order valence-electron chi connectivity index (χ2n) is 11.1. The van der Waals surface area contributed by atoms with Crippen molar-refractivity contribution in [2.75, 3.05) is 29.9 Å². The average molecular weight is 546 g/mol. The summed E-state index contributed by atoms with van der Waals surface area (Å²) in [6.45, 7) is 9.93. The van der Waals surface area contributed by atoms with Gasteiger partial charge in [-0.3, -0.25) is 4.98 Å². The predicted molar refractivity (Wildman–Crippen MR) is 153 cm³/mol. The van der Waals surface area contributed by atoms with Crippen molar-refractivity contribution < 1.29 is 8.78 Å². The van der Waals surface area contributed by atoms with Crippen LogP contribution in [0.1, 0.15) is 51.3 Å². The second-order valence-corrected chi connectivity index (χ2v) is 11.1. The van der Waals surface area contributed by atoms with Crippen molar-refractivity contribution in [1.29, 1.82) is 0 Å². The topological polar surface area (TPSA) is 88.0 Å². The molecule has 6 rings (SSSR count). The molecule has 1 fully saturated rings. The van der Waals surface area contributed by atoms with E-state index in [1.54, 1.807) is 18.3 Å². The van der Waals surface area contributed by atoms with Gasteiger partial charge in [0.2, 0.25) is 0 Å². The van der Waals surface area contributed by atoms with Crippen LogP contribution in [0.2, 0.25) is 0 Å². The largest absolute Gasteiger partial charge is 0.384 e. The van der Waals surface area contributed by atoms with E-state index in [1.807, 2.05) is 31.7 Å². The summed E-state index contributed by atoms with van der Waals surface area (Å²) >= 11 is 0. The van der Waals surface area contributed by atoms with E-state index >= 15 is 8.78 Å². The number of aryl methyl sites for hydroxylation is 1. The lowest BCUT2D eigenvalue weighted by atomic mass is 10.00. The van der Waals surface area contributed by atoms with E-state index in [9.17, 15) is 4.79 Å². The minimum absolute atomic E-state index is 0.00487. The monoisotopic (exact) mass is 545 g/mol. The minimum Gasteiger partial charge on any atom is -0.384 e. The molecule has 2 aliphatic rings. The Morgan fingerprint density at radius 2 is 1.93 bits per heavy atom. The number of anilines is 2. The van der Waals surface area contributed by atoms with Crippen LogP contribution in [-0.2, 0) is 6.42 Å². The number of halogens is 2. The number of hydrogen-bond acceptors (Lipinski definition) is 7. The van der Waals surface area contributed by atoms with Gasteiger partial charge in [-0.2, -0.15) is 4.98 Å². The summed E-state index contributed by atoms with van der Waals surface area (Å²) in [5, 5.41) is 7.11. The van der Waals surface area contributed by atoms with Crippen LogP contribution in [0.3, 0.4) is 0 Å². The van der Waals surface area contributed by atoms with Crippen LogP contribution in [0.25, 0.3) is 28.0 Å². The molecule has 0 saturated carbocycles. The molecule has 208 valence electrons. The maximum atomic E-state index is 16.0. The third-order valence-electron chi connectivity index (χ3n) is 7.83. The van der Waals surface area contributed by atoms with Gasteiger partial charge < -0.3 is 15.5 Å². The van der Waals surface area contributed by atoms with Gasteiger partial charge in [0, 0.05) is 43.6 Å². The molecule has 8 nitrogen and oxygen atoms in total. The minimum atomic E-state index is -0.683. The Balaban J connectivity index is 1.76. The zero-order valence-electron chi connectivity index (χ0n) is 23.1. The molecular weight excluding hydrogens is 512 g/mol. The van der Waals surface area contributed by atoms with E-state index in [1.165, 1.54) is 16.7 Å². The fraction of sp³-hybridized carbons (Fsp3) is 0.400. The summed E-state index contributed by atoms with van der Waals surface area (Å²) in [5.74, 6) is -0.900. The number of aromatic nitrogens is 4. The average Bonchev–Trinajstić information content (AvgIpc) is 2.92. The van der Waals surface area contributed by atoms with Gasteiger partial charge in [0.25, 0.3) is 0 Å². The standard InChI is InChI=1S/C30H33F2N7O/c1-16(2)25-27-19(10-12-34-25)7-6-11-33-23-9-5-8-21(31)24(23)26-22(32)13-20-28(37-30(40)39(27)29(20)36-26)38-15-17(3)35-14-18(38)4/h5,8-10,12-13,16-18,33,35H,6-7,11,14-15H2,1-4H3/t17-,18+/m1/s1. The molecule has 40 heavy (non-hydrogen) atoms. The van der Waals surface area contributed by atoms with Gasteiger partial charge in [0.05, 0.1) is 22.3 Å². The molecule has 0 radical (unpaired) electrons. The number of piperazine rings is 1. The summed E-state index contributed by atoms with van der Waals surface area (Å²) in [6, 6.07) is 8.03. The molecule has 0 aliphatic carbocycles. The van der Waals surface area contributed by atoms with Crippen LogP contribution in [0.5, 0.6) is 0 Å². The molecule has 2 aliphatic heterocycles. The van der Waals surface area contributed by atoms with Gasteiger partial charge in [0.15, 0.2) is 11.5 Å². The highest BCUT2D eigenvalue weighted by Crippen LogP contribution is 2.37. The lowest BCUT2D eigenvalue weighted by Crippen LogP contribution is -2.55. The first kappa shape index (κ1) is 26.3. The van der Waals surface area contributed by atoms with Crippen molar-refractivity contribution in [3.8, 4) is 16.9 Å². The quantitative estimate of drug-likeness (QED) is 0.375. The summed E-state index contributed by atoms with van der Waals surface area (Å²) in [6.07, 6.45) is 3.11. The third-order valence-corrected chi connectivity index (χ3v) is 7.83. The van der Waals surface area contributed by atoms with Crippen LogP contribution < -0.4 is 21.2 Å². The normalized spacial score (nSPS) is 19.1. The fourth-order valence-electron chi connectivity index (χ4n) is 5.83. The van der Waals surface area contributed by atoms with Gasteiger partial charge in [0.1, 0.15) is 17.3 Å². The Hall–Kier alpha value is -3.92. The summed E-state index contributed by atoms with van der Waals surface area (Å²) in [7, 11) is 0. The summed E-state index contributed by atoms with van der Waals surface area (Å²) in [4.78, 5) is 30.0. The van der Waals surface area contributed by atoms with Gasteiger partial charge >= 0.3 is 5.69 Å². The highest BCUT2D eigenvalue weighted by atomic mass is 19.1. The Kier molecular flexibility index (Phi) is 6.74. The molecule has 5 heterocycles. The van der Waals surface area contributed by atoms with E-state index in [2.05, 4.69) is 27.5 Å². The number of nitrogens with zero attached hydrogens (tertiary/aromatic N) is 5. The molecule has 1 saturated heterocycles. The molecule has 10 heteroatoms. The van der Waals surface area contributed by atoms with Crippen molar-refractivity contribution in [3.63, 3.8) is 0 Å².